The third-order valence-corrected chi connectivity index (χ3v) is 3.96. The van der Waals surface area contributed by atoms with Gasteiger partial charge in [-0.2, -0.15) is 0 Å². The minimum absolute atomic E-state index is 0.00790. The number of hydrogen-bond donors (Lipinski definition) is 1. The summed E-state index contributed by atoms with van der Waals surface area (Å²) in [4.78, 5) is 25.9. The van der Waals surface area contributed by atoms with Crippen LogP contribution in [0.1, 0.15) is 30.7 Å². The predicted molar refractivity (Wildman–Crippen MR) is 79.6 cm³/mol. The third kappa shape index (κ3) is 6.16. The fourth-order valence-corrected chi connectivity index (χ4v) is 2.55. The molecule has 20 heavy (non-hydrogen) atoms. The summed E-state index contributed by atoms with van der Waals surface area (Å²) < 4.78 is 4.57. The number of rotatable bonds is 8. The molecular formula is C14H22N2O3S. The average molecular weight is 298 g/mol. The second-order valence-electron chi connectivity index (χ2n) is 4.72. The van der Waals surface area contributed by atoms with Gasteiger partial charge in [0.05, 0.1) is 19.7 Å². The van der Waals surface area contributed by atoms with Crippen LogP contribution in [0.3, 0.4) is 0 Å². The molecule has 0 radical (unpaired) electrons. The van der Waals surface area contributed by atoms with Gasteiger partial charge >= 0.3 is 5.97 Å². The number of carbonyl (C=O) groups excluding carboxylic acids is 2. The number of thiophene rings is 1. The largest absolute Gasteiger partial charge is 0.469 e. The minimum Gasteiger partial charge on any atom is -0.469 e. The number of methoxy groups -OCH3 is 1. The van der Waals surface area contributed by atoms with Crippen LogP contribution in [0, 0.1) is 0 Å². The van der Waals surface area contributed by atoms with Crippen LogP contribution in [-0.2, 0) is 14.3 Å². The highest BCUT2D eigenvalue weighted by Crippen LogP contribution is 2.17. The van der Waals surface area contributed by atoms with Gasteiger partial charge in [0.2, 0.25) is 5.91 Å². The third-order valence-electron chi connectivity index (χ3n) is 2.91. The van der Waals surface area contributed by atoms with Gasteiger partial charge in [0.25, 0.3) is 0 Å². The first-order valence-electron chi connectivity index (χ1n) is 6.61. The van der Waals surface area contributed by atoms with Gasteiger partial charge in [-0.3, -0.25) is 14.5 Å². The van der Waals surface area contributed by atoms with Gasteiger partial charge in [0, 0.05) is 11.3 Å². The molecule has 1 unspecified atom stereocenters. The average Bonchev–Trinajstić information content (AvgIpc) is 2.92. The van der Waals surface area contributed by atoms with Crippen molar-refractivity contribution in [1.29, 1.82) is 0 Å². The molecule has 1 heterocycles. The number of likely N-dealkylation sites (N-methyl/N-ethyl adjacent to an activating group) is 1. The van der Waals surface area contributed by atoms with Crippen LogP contribution in [-0.4, -0.2) is 44.0 Å². The number of amides is 1. The fourth-order valence-electron chi connectivity index (χ4n) is 1.82. The second-order valence-corrected chi connectivity index (χ2v) is 5.70. The van der Waals surface area contributed by atoms with E-state index in [0.717, 1.165) is 4.88 Å². The summed E-state index contributed by atoms with van der Waals surface area (Å²) in [5.41, 5.74) is 0. The van der Waals surface area contributed by atoms with Crippen molar-refractivity contribution in [2.75, 3.05) is 27.2 Å². The molecule has 1 aromatic heterocycles. The van der Waals surface area contributed by atoms with Crippen LogP contribution in [0.4, 0.5) is 0 Å². The van der Waals surface area contributed by atoms with E-state index in [1.807, 2.05) is 36.4 Å². The lowest BCUT2D eigenvalue weighted by Gasteiger charge is -2.18. The molecular weight excluding hydrogens is 276 g/mol. The van der Waals surface area contributed by atoms with Crippen molar-refractivity contribution in [3.05, 3.63) is 22.4 Å². The lowest BCUT2D eigenvalue weighted by molar-refractivity contribution is -0.140. The Bertz CT molecular complexity index is 420. The van der Waals surface area contributed by atoms with E-state index in [0.29, 0.717) is 25.9 Å². The molecule has 1 atom stereocenters. The lowest BCUT2D eigenvalue weighted by Crippen LogP contribution is -2.36. The maximum Gasteiger partial charge on any atom is 0.305 e. The Balaban J connectivity index is 2.22. The summed E-state index contributed by atoms with van der Waals surface area (Å²) in [7, 11) is 3.25. The van der Waals surface area contributed by atoms with E-state index in [9.17, 15) is 9.59 Å². The van der Waals surface area contributed by atoms with Gasteiger partial charge in [0.1, 0.15) is 0 Å². The van der Waals surface area contributed by atoms with Crippen molar-refractivity contribution in [2.45, 2.75) is 25.8 Å². The number of esters is 1. The van der Waals surface area contributed by atoms with Gasteiger partial charge in [-0.1, -0.05) is 6.07 Å². The van der Waals surface area contributed by atoms with E-state index in [-0.39, 0.29) is 17.9 Å². The molecule has 6 heteroatoms. The Morgan fingerprint density at radius 1 is 1.50 bits per heavy atom. The van der Waals surface area contributed by atoms with Crippen molar-refractivity contribution >= 4 is 23.2 Å². The van der Waals surface area contributed by atoms with Crippen molar-refractivity contribution in [3.8, 4) is 0 Å². The smallest absolute Gasteiger partial charge is 0.305 e. The summed E-state index contributed by atoms with van der Waals surface area (Å²) in [6.45, 7) is 2.99. The Kier molecular flexibility index (Phi) is 7.25. The van der Waals surface area contributed by atoms with Crippen LogP contribution in [0.5, 0.6) is 0 Å². The summed E-state index contributed by atoms with van der Waals surface area (Å²) in [6.07, 6.45) is 1.07. The standard InChI is InChI=1S/C14H22N2O3S/c1-11(12-6-5-9-20-12)15-13(17)10-16(2)8-4-7-14(18)19-3/h5-6,9,11H,4,7-8,10H2,1-3H3,(H,15,17). The molecule has 1 rings (SSSR count). The van der Waals surface area contributed by atoms with Gasteiger partial charge in [-0.25, -0.2) is 0 Å². The molecule has 0 spiro atoms. The van der Waals surface area contributed by atoms with Crippen LogP contribution < -0.4 is 5.32 Å². The molecule has 0 saturated carbocycles. The topological polar surface area (TPSA) is 58.6 Å². The number of hydrogen-bond acceptors (Lipinski definition) is 5. The molecule has 112 valence electrons. The molecule has 0 fully saturated rings. The van der Waals surface area contributed by atoms with Gasteiger partial charge in [0.15, 0.2) is 0 Å². The van der Waals surface area contributed by atoms with Crippen molar-refractivity contribution < 1.29 is 14.3 Å². The van der Waals surface area contributed by atoms with Crippen LogP contribution >= 0.6 is 11.3 Å². The van der Waals surface area contributed by atoms with Crippen molar-refractivity contribution in [1.82, 2.24) is 10.2 Å². The van der Waals surface area contributed by atoms with E-state index >= 15 is 0 Å². The minimum atomic E-state index is -0.214. The zero-order valence-corrected chi connectivity index (χ0v) is 13.0. The van der Waals surface area contributed by atoms with Gasteiger partial charge in [-0.05, 0) is 38.4 Å². The maximum atomic E-state index is 11.9. The van der Waals surface area contributed by atoms with Crippen LogP contribution in [0.2, 0.25) is 0 Å². The van der Waals surface area contributed by atoms with E-state index < -0.39 is 0 Å². The van der Waals surface area contributed by atoms with E-state index in [4.69, 9.17) is 0 Å². The Hall–Kier alpha value is -1.40. The molecule has 1 N–H and O–H groups in total. The molecule has 0 aromatic carbocycles. The number of ether oxygens (including phenoxy) is 1. The molecule has 0 bridgehead atoms. The van der Waals surface area contributed by atoms with Crippen molar-refractivity contribution in [2.24, 2.45) is 0 Å². The predicted octanol–water partition coefficient (Wildman–Crippen LogP) is 1.81. The first-order chi connectivity index (χ1) is 9.52. The molecule has 0 aliphatic rings. The SMILES string of the molecule is COC(=O)CCCN(C)CC(=O)NC(C)c1cccs1. The van der Waals surface area contributed by atoms with E-state index in [1.165, 1.54) is 7.11 Å². The highest BCUT2D eigenvalue weighted by atomic mass is 32.1. The molecule has 0 saturated heterocycles. The van der Waals surface area contributed by atoms with Crippen LogP contribution in [0.15, 0.2) is 17.5 Å². The molecule has 5 nitrogen and oxygen atoms in total. The molecule has 0 aliphatic heterocycles. The second kappa shape index (κ2) is 8.71. The zero-order valence-electron chi connectivity index (χ0n) is 12.2. The summed E-state index contributed by atoms with van der Waals surface area (Å²) in [6, 6.07) is 4.02. The fraction of sp³-hybridized carbons (Fsp3) is 0.571. The number of nitrogens with zero attached hydrogens (tertiary/aromatic N) is 1. The Morgan fingerprint density at radius 3 is 2.85 bits per heavy atom. The quantitative estimate of drug-likeness (QED) is 0.744. The highest BCUT2D eigenvalue weighted by Gasteiger charge is 2.12. The van der Waals surface area contributed by atoms with E-state index in [2.05, 4.69) is 10.1 Å². The molecule has 1 amide bonds. The maximum absolute atomic E-state index is 11.9. The highest BCUT2D eigenvalue weighted by molar-refractivity contribution is 7.10. The van der Waals surface area contributed by atoms with E-state index in [1.54, 1.807) is 11.3 Å². The first kappa shape index (κ1) is 16.7. The molecule has 1 aromatic rings. The monoisotopic (exact) mass is 298 g/mol. The Labute approximate surface area is 123 Å². The lowest BCUT2D eigenvalue weighted by atomic mass is 10.2. The summed E-state index contributed by atoms with van der Waals surface area (Å²) in [5, 5.41) is 4.96. The Morgan fingerprint density at radius 2 is 2.25 bits per heavy atom. The first-order valence-corrected chi connectivity index (χ1v) is 7.49. The summed E-state index contributed by atoms with van der Waals surface area (Å²) >= 11 is 1.63. The summed E-state index contributed by atoms with van der Waals surface area (Å²) in [5.74, 6) is -0.222. The number of carbonyl (C=O) groups is 2. The van der Waals surface area contributed by atoms with Crippen LogP contribution in [0.25, 0.3) is 0 Å². The normalized spacial score (nSPS) is 12.2. The molecule has 0 aliphatic carbocycles. The van der Waals surface area contributed by atoms with Crippen molar-refractivity contribution in [3.63, 3.8) is 0 Å². The zero-order chi connectivity index (χ0) is 15.0. The van der Waals surface area contributed by atoms with Gasteiger partial charge < -0.3 is 10.1 Å². The van der Waals surface area contributed by atoms with Gasteiger partial charge in [-0.15, -0.1) is 11.3 Å². The number of nitrogens with one attached hydrogen (secondary N) is 1.